The summed E-state index contributed by atoms with van der Waals surface area (Å²) in [6.45, 7) is 5.82. The Bertz CT molecular complexity index is 471. The monoisotopic (exact) mass is 275 g/mol. The lowest BCUT2D eigenvalue weighted by molar-refractivity contribution is 0.476. The number of sulfonamides is 1. The van der Waals surface area contributed by atoms with Gasteiger partial charge in [-0.25, -0.2) is 13.1 Å². The van der Waals surface area contributed by atoms with Crippen LogP contribution in [0.5, 0.6) is 0 Å². The topological polar surface area (TPSA) is 46.2 Å². The van der Waals surface area contributed by atoms with Crippen molar-refractivity contribution >= 4 is 21.6 Å². The molecule has 3 nitrogen and oxygen atoms in total. The molecule has 0 saturated heterocycles. The SMILES string of the molecule is CC(C)[C@H](C)NS(=O)(=O)Cc1cccc(Cl)c1. The summed E-state index contributed by atoms with van der Waals surface area (Å²) in [5.41, 5.74) is 0.695. The van der Waals surface area contributed by atoms with E-state index >= 15 is 0 Å². The highest BCUT2D eigenvalue weighted by Gasteiger charge is 2.17. The molecule has 5 heteroatoms. The van der Waals surface area contributed by atoms with Crippen molar-refractivity contribution in [1.29, 1.82) is 0 Å². The van der Waals surface area contributed by atoms with Crippen LogP contribution >= 0.6 is 11.6 Å². The molecule has 0 amide bonds. The standard InChI is InChI=1S/C12H18ClNO2S/c1-9(2)10(3)14-17(15,16)8-11-5-4-6-12(13)7-11/h4-7,9-10,14H,8H2,1-3H3/t10-/m0/s1. The number of hydrogen-bond acceptors (Lipinski definition) is 2. The van der Waals surface area contributed by atoms with Crippen LogP contribution in [0, 0.1) is 5.92 Å². The zero-order chi connectivity index (χ0) is 13.1. The molecular formula is C12H18ClNO2S. The molecule has 96 valence electrons. The van der Waals surface area contributed by atoms with E-state index in [0.717, 1.165) is 0 Å². The number of rotatable bonds is 5. The molecule has 0 spiro atoms. The Morgan fingerprint density at radius 1 is 1.29 bits per heavy atom. The van der Waals surface area contributed by atoms with Crippen LogP contribution in [0.15, 0.2) is 24.3 Å². The molecular weight excluding hydrogens is 258 g/mol. The fourth-order valence-electron chi connectivity index (χ4n) is 1.31. The molecule has 0 radical (unpaired) electrons. The Balaban J connectivity index is 2.73. The van der Waals surface area contributed by atoms with Gasteiger partial charge in [-0.1, -0.05) is 37.6 Å². The Kier molecular flexibility index (Phi) is 4.98. The minimum absolute atomic E-state index is 0.0371. The fraction of sp³-hybridized carbons (Fsp3) is 0.500. The first-order valence-corrected chi connectivity index (χ1v) is 7.57. The number of benzene rings is 1. The molecule has 0 fully saturated rings. The minimum atomic E-state index is -3.30. The summed E-state index contributed by atoms with van der Waals surface area (Å²) >= 11 is 5.81. The highest BCUT2D eigenvalue weighted by Crippen LogP contribution is 2.13. The summed E-state index contributed by atoms with van der Waals surface area (Å²) in [7, 11) is -3.30. The predicted molar refractivity (Wildman–Crippen MR) is 71.5 cm³/mol. The van der Waals surface area contributed by atoms with Crippen molar-refractivity contribution in [2.45, 2.75) is 32.6 Å². The summed E-state index contributed by atoms with van der Waals surface area (Å²) in [5.74, 6) is 0.231. The molecule has 1 rings (SSSR count). The quantitative estimate of drug-likeness (QED) is 0.898. The van der Waals surface area contributed by atoms with Crippen LogP contribution in [-0.2, 0) is 15.8 Å². The number of hydrogen-bond donors (Lipinski definition) is 1. The van der Waals surface area contributed by atoms with Crippen LogP contribution in [0.3, 0.4) is 0 Å². The molecule has 0 aliphatic rings. The van der Waals surface area contributed by atoms with Crippen molar-refractivity contribution in [2.24, 2.45) is 5.92 Å². The van der Waals surface area contributed by atoms with Crippen molar-refractivity contribution in [1.82, 2.24) is 4.72 Å². The third-order valence-corrected chi connectivity index (χ3v) is 4.29. The Labute approximate surface area is 108 Å². The molecule has 1 atom stereocenters. The van der Waals surface area contributed by atoms with Crippen molar-refractivity contribution < 1.29 is 8.42 Å². The van der Waals surface area contributed by atoms with Gasteiger partial charge in [-0.3, -0.25) is 0 Å². The molecule has 0 unspecified atom stereocenters. The van der Waals surface area contributed by atoms with Gasteiger partial charge in [0.05, 0.1) is 5.75 Å². The normalized spacial score (nSPS) is 13.9. The van der Waals surface area contributed by atoms with Gasteiger partial charge in [0, 0.05) is 11.1 Å². The van der Waals surface area contributed by atoms with Gasteiger partial charge in [0.1, 0.15) is 0 Å². The molecule has 0 saturated carbocycles. The van der Waals surface area contributed by atoms with Gasteiger partial charge in [-0.15, -0.1) is 0 Å². The van der Waals surface area contributed by atoms with Gasteiger partial charge < -0.3 is 0 Å². The van der Waals surface area contributed by atoms with E-state index in [2.05, 4.69) is 4.72 Å². The summed E-state index contributed by atoms with van der Waals surface area (Å²) in [6, 6.07) is 6.83. The molecule has 17 heavy (non-hydrogen) atoms. The fourth-order valence-corrected chi connectivity index (χ4v) is 3.06. The van der Waals surface area contributed by atoms with Gasteiger partial charge in [-0.05, 0) is 30.5 Å². The Morgan fingerprint density at radius 2 is 1.94 bits per heavy atom. The lowest BCUT2D eigenvalue weighted by Gasteiger charge is -2.17. The third-order valence-electron chi connectivity index (χ3n) is 2.61. The van der Waals surface area contributed by atoms with Crippen molar-refractivity contribution in [3.05, 3.63) is 34.9 Å². The third kappa shape index (κ3) is 5.06. The Hall–Kier alpha value is -0.580. The van der Waals surface area contributed by atoms with Gasteiger partial charge in [0.15, 0.2) is 0 Å². The van der Waals surface area contributed by atoms with Crippen LogP contribution in [0.1, 0.15) is 26.3 Å². The van der Waals surface area contributed by atoms with Crippen molar-refractivity contribution in [3.63, 3.8) is 0 Å². The first kappa shape index (κ1) is 14.5. The summed E-state index contributed by atoms with van der Waals surface area (Å²) in [4.78, 5) is 0. The highest BCUT2D eigenvalue weighted by atomic mass is 35.5. The van der Waals surface area contributed by atoms with Gasteiger partial charge in [-0.2, -0.15) is 0 Å². The molecule has 1 aromatic carbocycles. The maximum Gasteiger partial charge on any atom is 0.216 e. The lowest BCUT2D eigenvalue weighted by atomic mass is 10.1. The highest BCUT2D eigenvalue weighted by molar-refractivity contribution is 7.88. The van der Waals surface area contributed by atoms with E-state index in [0.29, 0.717) is 10.6 Å². The molecule has 0 aliphatic heterocycles. The van der Waals surface area contributed by atoms with Crippen LogP contribution in [0.25, 0.3) is 0 Å². The van der Waals surface area contributed by atoms with Crippen LogP contribution in [0.2, 0.25) is 5.02 Å². The van der Waals surface area contributed by atoms with E-state index in [1.54, 1.807) is 24.3 Å². The van der Waals surface area contributed by atoms with Gasteiger partial charge in [0.2, 0.25) is 10.0 Å². The van der Waals surface area contributed by atoms with Crippen LogP contribution < -0.4 is 4.72 Å². The number of nitrogens with one attached hydrogen (secondary N) is 1. The smallest absolute Gasteiger partial charge is 0.212 e. The first-order valence-electron chi connectivity index (χ1n) is 5.54. The van der Waals surface area contributed by atoms with Crippen molar-refractivity contribution in [3.8, 4) is 0 Å². The van der Waals surface area contributed by atoms with Gasteiger partial charge in [0.25, 0.3) is 0 Å². The largest absolute Gasteiger partial charge is 0.216 e. The predicted octanol–water partition coefficient (Wildman–Crippen LogP) is 2.80. The van der Waals surface area contributed by atoms with Crippen LogP contribution in [-0.4, -0.2) is 14.5 Å². The summed E-state index contributed by atoms with van der Waals surface area (Å²) in [6.07, 6.45) is 0. The molecule has 0 aliphatic carbocycles. The average molecular weight is 276 g/mol. The average Bonchev–Trinajstić information content (AvgIpc) is 2.15. The van der Waals surface area contributed by atoms with Crippen LogP contribution in [0.4, 0.5) is 0 Å². The van der Waals surface area contributed by atoms with E-state index < -0.39 is 10.0 Å². The van der Waals surface area contributed by atoms with E-state index in [1.165, 1.54) is 0 Å². The molecule has 0 heterocycles. The lowest BCUT2D eigenvalue weighted by Crippen LogP contribution is -2.36. The number of halogens is 1. The molecule has 1 N–H and O–H groups in total. The maximum atomic E-state index is 11.9. The van der Waals surface area contributed by atoms with E-state index in [4.69, 9.17) is 11.6 Å². The Morgan fingerprint density at radius 3 is 2.47 bits per heavy atom. The summed E-state index contributed by atoms with van der Waals surface area (Å²) < 4.78 is 26.4. The molecule has 0 aromatic heterocycles. The minimum Gasteiger partial charge on any atom is -0.212 e. The van der Waals surface area contributed by atoms with E-state index in [9.17, 15) is 8.42 Å². The van der Waals surface area contributed by atoms with E-state index in [1.807, 2.05) is 20.8 Å². The second-order valence-electron chi connectivity index (χ2n) is 4.54. The molecule has 0 bridgehead atoms. The molecule has 1 aromatic rings. The van der Waals surface area contributed by atoms with Crippen molar-refractivity contribution in [2.75, 3.05) is 0 Å². The maximum absolute atomic E-state index is 11.9. The first-order chi connectivity index (χ1) is 7.80. The summed E-state index contributed by atoms with van der Waals surface area (Å²) in [5, 5.41) is 0.551. The second-order valence-corrected chi connectivity index (χ2v) is 6.73. The van der Waals surface area contributed by atoms with Gasteiger partial charge >= 0.3 is 0 Å². The zero-order valence-electron chi connectivity index (χ0n) is 10.3. The second kappa shape index (κ2) is 5.85. The van der Waals surface area contributed by atoms with E-state index in [-0.39, 0.29) is 17.7 Å². The zero-order valence-corrected chi connectivity index (χ0v) is 11.8.